The predicted molar refractivity (Wildman–Crippen MR) is 281 cm³/mol. The van der Waals surface area contributed by atoms with Gasteiger partial charge in [0, 0.05) is 38.6 Å². The van der Waals surface area contributed by atoms with Gasteiger partial charge < -0.3 is 86.1 Å². The molecule has 0 unspecified atom stereocenters. The fourth-order valence-electron chi connectivity index (χ4n) is 8.36. The average molecular weight is 1130 g/mol. The van der Waals surface area contributed by atoms with Gasteiger partial charge in [-0.05, 0) is 69.4 Å². The molecule has 0 aromatic heterocycles. The maximum atomic E-state index is 14.3. The van der Waals surface area contributed by atoms with Crippen molar-refractivity contribution in [3.8, 4) is 0 Å². The van der Waals surface area contributed by atoms with Crippen molar-refractivity contribution in [3.05, 3.63) is 35.9 Å². The number of amides is 11. The number of nitrogens with one attached hydrogen (secondary N) is 7. The average Bonchev–Trinajstić information content (AvgIpc) is 3.90. The van der Waals surface area contributed by atoms with Crippen molar-refractivity contribution < 1.29 is 82.4 Å². The molecule has 2 rings (SSSR count). The number of rotatable bonds is 38. The lowest BCUT2D eigenvalue weighted by Crippen LogP contribution is -2.61. The summed E-state index contributed by atoms with van der Waals surface area (Å²) in [6.45, 7) is 3.36. The molecular weight excluding hydrogens is 1050 g/mol. The molecule has 30 nitrogen and oxygen atoms in total. The van der Waals surface area contributed by atoms with Crippen LogP contribution in [0.3, 0.4) is 0 Å². The number of carboxylic acids is 3. The van der Waals surface area contributed by atoms with Crippen LogP contribution in [0.25, 0.3) is 0 Å². The highest BCUT2D eigenvalue weighted by Gasteiger charge is 2.41. The molecule has 30 heteroatoms. The lowest BCUT2D eigenvalue weighted by atomic mass is 9.96. The lowest BCUT2D eigenvalue weighted by molar-refractivity contribution is -0.144. The van der Waals surface area contributed by atoms with Crippen molar-refractivity contribution in [3.63, 3.8) is 0 Å². The van der Waals surface area contributed by atoms with Crippen LogP contribution < -0.4 is 65.9 Å². The van der Waals surface area contributed by atoms with Crippen molar-refractivity contribution in [1.29, 1.82) is 0 Å². The van der Waals surface area contributed by atoms with Gasteiger partial charge in [0.05, 0.1) is 12.5 Å². The Bertz CT molecular complexity index is 2380. The van der Waals surface area contributed by atoms with Crippen molar-refractivity contribution in [2.24, 2.45) is 34.6 Å². The third kappa shape index (κ3) is 24.2. The first kappa shape index (κ1) is 67.8. The van der Waals surface area contributed by atoms with Crippen molar-refractivity contribution in [2.75, 3.05) is 13.1 Å². The van der Waals surface area contributed by atoms with E-state index in [-0.39, 0.29) is 45.1 Å². The van der Waals surface area contributed by atoms with E-state index in [4.69, 9.17) is 28.7 Å². The van der Waals surface area contributed by atoms with Gasteiger partial charge in [-0.3, -0.25) is 62.3 Å². The summed E-state index contributed by atoms with van der Waals surface area (Å²) in [6, 6.07) is -5.73. The predicted octanol–water partition coefficient (Wildman–Crippen LogP) is -4.66. The number of hydrogen-bond acceptors (Lipinski definition) is 16. The van der Waals surface area contributed by atoms with E-state index in [2.05, 4.69) is 37.2 Å². The monoisotopic (exact) mass is 1130 g/mol. The molecule has 11 amide bonds. The van der Waals surface area contributed by atoms with Crippen LogP contribution in [0.4, 0.5) is 0 Å². The zero-order valence-electron chi connectivity index (χ0n) is 44.8. The fourth-order valence-corrected chi connectivity index (χ4v) is 8.36. The quantitative estimate of drug-likeness (QED) is 0.0277. The van der Waals surface area contributed by atoms with Crippen LogP contribution in [0, 0.1) is 5.92 Å². The summed E-state index contributed by atoms with van der Waals surface area (Å²) in [7, 11) is 0. The maximum Gasteiger partial charge on any atom is 0.326 e. The third-order valence-corrected chi connectivity index (χ3v) is 13.0. The highest BCUT2D eigenvalue weighted by Crippen LogP contribution is 2.21. The molecular formula is C50H77N13O17. The van der Waals surface area contributed by atoms with Gasteiger partial charge in [0.25, 0.3) is 0 Å². The largest absolute Gasteiger partial charge is 0.481 e. The Morgan fingerprint density at radius 3 is 1.56 bits per heavy atom. The van der Waals surface area contributed by atoms with E-state index in [0.29, 0.717) is 24.9 Å². The number of carbonyl (C=O) groups is 14. The second-order valence-electron chi connectivity index (χ2n) is 19.4. The van der Waals surface area contributed by atoms with Crippen LogP contribution in [0.2, 0.25) is 0 Å². The molecule has 1 aromatic rings. The second-order valence-corrected chi connectivity index (χ2v) is 19.4. The first-order valence-electron chi connectivity index (χ1n) is 26.1. The third-order valence-electron chi connectivity index (χ3n) is 13.0. The van der Waals surface area contributed by atoms with E-state index in [9.17, 15) is 82.4 Å². The molecule has 0 bridgehead atoms. The van der Waals surface area contributed by atoms with Gasteiger partial charge in [-0.1, -0.05) is 57.0 Å². The van der Waals surface area contributed by atoms with Gasteiger partial charge in [0.2, 0.25) is 65.0 Å². The Balaban J connectivity index is 2.42. The zero-order chi connectivity index (χ0) is 60.2. The van der Waals surface area contributed by atoms with Crippen molar-refractivity contribution >= 4 is 82.9 Å². The Labute approximate surface area is 460 Å². The number of benzene rings is 1. The number of carbonyl (C=O) groups excluding carboxylic acids is 11. The minimum atomic E-state index is -1.78. The molecule has 1 heterocycles. The van der Waals surface area contributed by atoms with E-state index >= 15 is 0 Å². The highest BCUT2D eigenvalue weighted by molar-refractivity contribution is 5.99. The first-order valence-corrected chi connectivity index (χ1v) is 26.1. The second kappa shape index (κ2) is 34.6. The Kier molecular flexibility index (Phi) is 29.3. The Hall–Kier alpha value is -8.28. The summed E-state index contributed by atoms with van der Waals surface area (Å²) >= 11 is 0. The molecule has 0 spiro atoms. The summed E-state index contributed by atoms with van der Waals surface area (Å²) in [5.74, 6) is -16.1. The number of primary amides is 3. The Morgan fingerprint density at radius 1 is 0.575 bits per heavy atom. The summed E-state index contributed by atoms with van der Waals surface area (Å²) in [5.41, 5.74) is 28.1. The first-order chi connectivity index (χ1) is 37.7. The molecule has 1 aliphatic heterocycles. The summed E-state index contributed by atoms with van der Waals surface area (Å²) in [4.78, 5) is 183. The van der Waals surface area contributed by atoms with Crippen molar-refractivity contribution in [2.45, 2.75) is 171 Å². The number of carboxylic acid groups (broad SMARTS) is 3. The molecule has 10 atom stereocenters. The molecule has 0 radical (unpaired) electrons. The van der Waals surface area contributed by atoms with Gasteiger partial charge >= 0.3 is 17.9 Å². The number of nitrogens with zero attached hydrogens (tertiary/aromatic N) is 1. The minimum absolute atomic E-state index is 0.0425. The highest BCUT2D eigenvalue weighted by atomic mass is 16.4. The van der Waals surface area contributed by atoms with Crippen LogP contribution >= 0.6 is 0 Å². The smallest absolute Gasteiger partial charge is 0.326 e. The van der Waals surface area contributed by atoms with E-state index in [0.717, 1.165) is 4.90 Å². The summed E-state index contributed by atoms with van der Waals surface area (Å²) in [5, 5.41) is 45.7. The normalized spacial score (nSPS) is 16.2. The van der Waals surface area contributed by atoms with Gasteiger partial charge in [-0.2, -0.15) is 0 Å². The topological polar surface area (TPSA) is 517 Å². The molecule has 0 saturated carbocycles. The molecule has 444 valence electrons. The molecule has 1 fully saturated rings. The van der Waals surface area contributed by atoms with E-state index in [1.165, 1.54) is 6.92 Å². The molecule has 1 aliphatic rings. The van der Waals surface area contributed by atoms with Crippen LogP contribution in [-0.2, 0) is 73.5 Å². The van der Waals surface area contributed by atoms with Crippen LogP contribution in [0.5, 0.6) is 0 Å². The maximum absolute atomic E-state index is 14.3. The number of hydrogen-bond donors (Lipinski definition) is 15. The van der Waals surface area contributed by atoms with Gasteiger partial charge in [-0.15, -0.1) is 0 Å². The fraction of sp³-hybridized carbons (Fsp3) is 0.600. The summed E-state index contributed by atoms with van der Waals surface area (Å²) in [6.07, 6.45) is -3.79. The number of likely N-dealkylation sites (tertiary alicyclic amines) is 1. The lowest BCUT2D eigenvalue weighted by Gasteiger charge is -2.31. The molecule has 20 N–H and O–H groups in total. The van der Waals surface area contributed by atoms with E-state index < -0.39 is 195 Å². The van der Waals surface area contributed by atoms with E-state index in [1.54, 1.807) is 37.3 Å². The standard InChI is InChI=1S/C50H77N13O17/c1-3-26(2)41(48(77)60-33(25-38(55)66)46(75)61-34(50(79)80)24-27-10-5-4-6-11-27)62-45(74)31(16-20-39(67)68)57-43(72)30(15-19-37(54)65)58-47(76)35-13-9-23-63(35)49(78)32(17-21-40(69)70)59-44(73)29(14-18-36(53)64)56-42(71)28(52)12-7-8-22-51/h4-6,10-11,26,28-35,41H,3,7-9,12-25,51-52H2,1-2H3,(H2,53,64)(H2,54,65)(H2,55,66)(H,56,71)(H,57,72)(H,58,76)(H,59,73)(H,60,77)(H,61,75)(H,62,74)(H,67,68)(H,69,70)(H,79,80)/t26-,28-,29-,30-,31-,32-,33-,34-,35-,41-/m0/s1. The van der Waals surface area contributed by atoms with Crippen molar-refractivity contribution in [1.82, 2.24) is 42.1 Å². The Morgan fingerprint density at radius 2 is 1.05 bits per heavy atom. The van der Waals surface area contributed by atoms with Gasteiger partial charge in [-0.25, -0.2) is 4.79 Å². The molecule has 0 aliphatic carbocycles. The molecule has 1 saturated heterocycles. The minimum Gasteiger partial charge on any atom is -0.481 e. The van der Waals surface area contributed by atoms with Gasteiger partial charge in [0.15, 0.2) is 0 Å². The van der Waals surface area contributed by atoms with Crippen LogP contribution in [0.15, 0.2) is 30.3 Å². The summed E-state index contributed by atoms with van der Waals surface area (Å²) < 4.78 is 0. The number of unbranched alkanes of at least 4 members (excludes halogenated alkanes) is 1. The van der Waals surface area contributed by atoms with Crippen LogP contribution in [-0.4, -0.2) is 171 Å². The molecule has 1 aromatic carbocycles. The number of nitrogens with two attached hydrogens (primary N) is 5. The number of aliphatic carboxylic acids is 3. The van der Waals surface area contributed by atoms with E-state index in [1.807, 2.05) is 0 Å². The van der Waals surface area contributed by atoms with Crippen LogP contribution in [0.1, 0.15) is 116 Å². The SMILES string of the molecule is CC[C@H](C)[C@H](NC(=O)[C@H](CCC(=O)O)NC(=O)[C@H](CCC(N)=O)NC(=O)[C@@H]1CCCN1C(=O)[C@H](CCC(=O)O)NC(=O)[C@H](CCC(N)=O)NC(=O)[C@@H](N)CCCCN)C(=O)N[C@@H](CC(N)=O)C(=O)N[C@@H](Cc1ccccc1)C(=O)O. The zero-order valence-corrected chi connectivity index (χ0v) is 44.8. The molecule has 80 heavy (non-hydrogen) atoms. The van der Waals surface area contributed by atoms with Gasteiger partial charge in [0.1, 0.15) is 48.3 Å².